The van der Waals surface area contributed by atoms with Crippen molar-refractivity contribution in [1.29, 1.82) is 0 Å². The molecule has 3 N–H and O–H groups in total. The van der Waals surface area contributed by atoms with Crippen molar-refractivity contribution < 1.29 is 5.11 Å². The fourth-order valence-corrected chi connectivity index (χ4v) is 3.04. The molecule has 1 aliphatic heterocycles. The maximum Gasteiger partial charge on any atom is 0.191 e. The monoisotopic (exact) mass is 460 g/mol. The van der Waals surface area contributed by atoms with Gasteiger partial charge in [-0.15, -0.1) is 24.0 Å². The third-order valence-electron chi connectivity index (χ3n) is 4.70. The van der Waals surface area contributed by atoms with Crippen molar-refractivity contribution in [2.24, 2.45) is 10.9 Å². The van der Waals surface area contributed by atoms with Crippen LogP contribution in [0.3, 0.4) is 0 Å². The van der Waals surface area contributed by atoms with E-state index in [9.17, 15) is 5.11 Å². The number of benzene rings is 1. The highest BCUT2D eigenvalue weighted by atomic mass is 127. The number of piperidine rings is 1. The number of aliphatic imine (C=N–C) groups is 1. The molecule has 1 atom stereocenters. The molecule has 0 aliphatic carbocycles. The van der Waals surface area contributed by atoms with Gasteiger partial charge in [-0.2, -0.15) is 0 Å². The number of nitrogens with one attached hydrogen (secondary N) is 2. The maximum atomic E-state index is 9.67. The van der Waals surface area contributed by atoms with E-state index in [4.69, 9.17) is 0 Å². The highest BCUT2D eigenvalue weighted by Crippen LogP contribution is 2.16. The summed E-state index contributed by atoms with van der Waals surface area (Å²) in [5.41, 5.74) is 1.13. The van der Waals surface area contributed by atoms with Gasteiger partial charge in [-0.3, -0.25) is 4.99 Å². The second-order valence-corrected chi connectivity index (χ2v) is 6.64. The van der Waals surface area contributed by atoms with E-state index in [1.807, 2.05) is 18.2 Å². The minimum atomic E-state index is 0. The summed E-state index contributed by atoms with van der Waals surface area (Å²) in [7, 11) is 2.19. The molecule has 5 nitrogen and oxygen atoms in total. The molecule has 2 rings (SSSR count). The lowest BCUT2D eigenvalue weighted by atomic mass is 9.97. The van der Waals surface area contributed by atoms with E-state index >= 15 is 0 Å². The van der Waals surface area contributed by atoms with Gasteiger partial charge < -0.3 is 20.6 Å². The number of hydrogen-bond acceptors (Lipinski definition) is 3. The molecule has 1 saturated heterocycles. The Morgan fingerprint density at radius 2 is 1.92 bits per heavy atom. The summed E-state index contributed by atoms with van der Waals surface area (Å²) in [4.78, 5) is 7.07. The molecule has 1 aromatic carbocycles. The Hall–Kier alpha value is -0.860. The van der Waals surface area contributed by atoms with E-state index in [2.05, 4.69) is 46.6 Å². The Bertz CT molecular complexity index is 489. The number of aliphatic hydroxyl groups excluding tert-OH is 1. The van der Waals surface area contributed by atoms with Crippen LogP contribution in [0.1, 0.15) is 31.2 Å². The molecule has 142 valence electrons. The Balaban J connectivity index is 0.00000312. The van der Waals surface area contributed by atoms with Gasteiger partial charge in [-0.05, 0) is 51.4 Å². The number of likely N-dealkylation sites (tertiary alicyclic amines) is 1. The van der Waals surface area contributed by atoms with Gasteiger partial charge in [-0.1, -0.05) is 30.3 Å². The van der Waals surface area contributed by atoms with Gasteiger partial charge in [0.25, 0.3) is 0 Å². The number of guanidine groups is 1. The smallest absolute Gasteiger partial charge is 0.191 e. The van der Waals surface area contributed by atoms with Gasteiger partial charge in [0.1, 0.15) is 0 Å². The number of nitrogens with zero attached hydrogens (tertiary/aromatic N) is 2. The Labute approximate surface area is 169 Å². The average molecular weight is 460 g/mol. The van der Waals surface area contributed by atoms with E-state index in [0.29, 0.717) is 12.5 Å². The highest BCUT2D eigenvalue weighted by Gasteiger charge is 2.17. The molecule has 0 amide bonds. The minimum absolute atomic E-state index is 0. The molecule has 0 radical (unpaired) electrons. The zero-order valence-corrected chi connectivity index (χ0v) is 17.8. The van der Waals surface area contributed by atoms with Crippen LogP contribution in [0.2, 0.25) is 0 Å². The number of rotatable bonds is 7. The zero-order chi connectivity index (χ0) is 17.2. The fraction of sp³-hybridized carbons (Fsp3) is 0.632. The summed E-state index contributed by atoms with van der Waals surface area (Å²) >= 11 is 0. The van der Waals surface area contributed by atoms with Gasteiger partial charge in [-0.25, -0.2) is 0 Å². The van der Waals surface area contributed by atoms with Crippen LogP contribution in [0.15, 0.2) is 35.3 Å². The van der Waals surface area contributed by atoms with Crippen LogP contribution in [0, 0.1) is 5.92 Å². The molecule has 1 heterocycles. The van der Waals surface area contributed by atoms with Crippen LogP contribution in [-0.2, 0) is 0 Å². The van der Waals surface area contributed by atoms with E-state index in [0.717, 1.165) is 24.6 Å². The number of aliphatic hydroxyl groups is 1. The lowest BCUT2D eigenvalue weighted by Crippen LogP contribution is -2.42. The largest absolute Gasteiger partial charge is 0.396 e. The quantitative estimate of drug-likeness (QED) is 0.332. The van der Waals surface area contributed by atoms with E-state index < -0.39 is 0 Å². The van der Waals surface area contributed by atoms with Crippen LogP contribution >= 0.6 is 24.0 Å². The minimum Gasteiger partial charge on any atom is -0.396 e. The van der Waals surface area contributed by atoms with E-state index in [1.54, 1.807) is 0 Å². The average Bonchev–Trinajstić information content (AvgIpc) is 2.62. The first-order chi connectivity index (χ1) is 11.7. The Kier molecular flexibility index (Phi) is 11.1. The molecular weight excluding hydrogens is 427 g/mol. The van der Waals surface area contributed by atoms with Crippen LogP contribution in [0.4, 0.5) is 0 Å². The molecule has 0 bridgehead atoms. The van der Waals surface area contributed by atoms with Crippen molar-refractivity contribution in [2.75, 3.05) is 46.4 Å². The lowest BCUT2D eigenvalue weighted by Gasteiger charge is -2.29. The third kappa shape index (κ3) is 7.92. The standard InChI is InChI=1S/C19H32N4O.HI/c1-3-20-19(21-13-16-9-11-23(2)12-10-16)22-14-18(15-24)17-7-5-4-6-8-17;/h4-8,16,18,24H,3,9-15H2,1-2H3,(H2,20,21,22);1H. The second-order valence-electron chi connectivity index (χ2n) is 6.64. The predicted molar refractivity (Wildman–Crippen MR) is 116 cm³/mol. The van der Waals surface area contributed by atoms with Gasteiger partial charge >= 0.3 is 0 Å². The van der Waals surface area contributed by atoms with Crippen molar-refractivity contribution in [3.05, 3.63) is 35.9 Å². The number of halogens is 1. The second kappa shape index (κ2) is 12.5. The van der Waals surface area contributed by atoms with Crippen LogP contribution in [0.25, 0.3) is 0 Å². The fourth-order valence-electron chi connectivity index (χ4n) is 3.04. The predicted octanol–water partition coefficient (Wildman–Crippen LogP) is 2.28. The molecule has 0 saturated carbocycles. The SMILES string of the molecule is CCNC(=NCC(CO)c1ccccc1)NCC1CCN(C)CC1.I. The molecule has 25 heavy (non-hydrogen) atoms. The van der Waals surface area contributed by atoms with Crippen LogP contribution < -0.4 is 10.6 Å². The summed E-state index contributed by atoms with van der Waals surface area (Å²) in [5, 5.41) is 16.4. The summed E-state index contributed by atoms with van der Waals surface area (Å²) in [6, 6.07) is 10.1. The van der Waals surface area contributed by atoms with Gasteiger partial charge in [0.2, 0.25) is 0 Å². The summed E-state index contributed by atoms with van der Waals surface area (Å²) in [6.45, 7) is 6.95. The first kappa shape index (κ1) is 22.2. The van der Waals surface area contributed by atoms with Crippen molar-refractivity contribution in [1.82, 2.24) is 15.5 Å². The van der Waals surface area contributed by atoms with Gasteiger partial charge in [0, 0.05) is 19.0 Å². The summed E-state index contributed by atoms with van der Waals surface area (Å²) in [6.07, 6.45) is 2.48. The van der Waals surface area contributed by atoms with Crippen LogP contribution in [-0.4, -0.2) is 62.3 Å². The van der Waals surface area contributed by atoms with Crippen LogP contribution in [0.5, 0.6) is 0 Å². The molecule has 1 unspecified atom stereocenters. The van der Waals surface area contributed by atoms with Gasteiger partial charge in [0.15, 0.2) is 5.96 Å². The molecule has 6 heteroatoms. The Morgan fingerprint density at radius 1 is 1.24 bits per heavy atom. The molecule has 1 aliphatic rings. The lowest BCUT2D eigenvalue weighted by molar-refractivity contribution is 0.220. The van der Waals surface area contributed by atoms with Crippen molar-refractivity contribution in [3.63, 3.8) is 0 Å². The topological polar surface area (TPSA) is 59.9 Å². The summed E-state index contributed by atoms with van der Waals surface area (Å²) in [5.74, 6) is 1.61. The molecule has 1 fully saturated rings. The van der Waals surface area contributed by atoms with Crippen molar-refractivity contribution >= 4 is 29.9 Å². The zero-order valence-electron chi connectivity index (χ0n) is 15.4. The molecule has 0 aromatic heterocycles. The molecule has 0 spiro atoms. The molecule has 1 aromatic rings. The highest BCUT2D eigenvalue weighted by molar-refractivity contribution is 14.0. The van der Waals surface area contributed by atoms with Crippen molar-refractivity contribution in [3.8, 4) is 0 Å². The number of hydrogen-bond donors (Lipinski definition) is 3. The van der Waals surface area contributed by atoms with Gasteiger partial charge in [0.05, 0.1) is 13.2 Å². The molecular formula is C19H33IN4O. The first-order valence-electron chi connectivity index (χ1n) is 9.09. The normalized spacial score (nSPS) is 17.6. The first-order valence-corrected chi connectivity index (χ1v) is 9.09. The summed E-state index contributed by atoms with van der Waals surface area (Å²) < 4.78 is 0. The third-order valence-corrected chi connectivity index (χ3v) is 4.70. The van der Waals surface area contributed by atoms with E-state index in [-0.39, 0.29) is 36.5 Å². The Morgan fingerprint density at radius 3 is 2.52 bits per heavy atom. The van der Waals surface area contributed by atoms with Crippen molar-refractivity contribution in [2.45, 2.75) is 25.7 Å². The van der Waals surface area contributed by atoms with E-state index in [1.165, 1.54) is 25.9 Å². The maximum absolute atomic E-state index is 9.67.